The molecular weight excluding hydrogens is 710 g/mol. The highest BCUT2D eigenvalue weighted by Crippen LogP contribution is 2.14. The van der Waals surface area contributed by atoms with E-state index in [-0.39, 0.29) is 34.3 Å². The summed E-state index contributed by atoms with van der Waals surface area (Å²) in [5.41, 5.74) is 8.42. The minimum atomic E-state index is -0.581. The number of aliphatic hydroxyl groups is 1. The number of alkyl halides is 1. The van der Waals surface area contributed by atoms with Crippen molar-refractivity contribution in [3.05, 3.63) is 48.2 Å². The van der Waals surface area contributed by atoms with Gasteiger partial charge in [-0.25, -0.2) is 19.7 Å². The number of nitrogens with zero attached hydrogens (tertiary/aromatic N) is 3. The highest BCUT2D eigenvalue weighted by Gasteiger charge is 2.05. The summed E-state index contributed by atoms with van der Waals surface area (Å²) in [4.78, 5) is 47.9. The van der Waals surface area contributed by atoms with Gasteiger partial charge in [-0.15, -0.1) is 34.0 Å². The smallest absolute Gasteiger partial charge is 0.331 e. The van der Waals surface area contributed by atoms with Crippen LogP contribution in [-0.2, 0) is 47.9 Å². The number of aryl methyl sites for hydroxylation is 3. The summed E-state index contributed by atoms with van der Waals surface area (Å²) in [7, 11) is 0. The van der Waals surface area contributed by atoms with Crippen LogP contribution in [0.2, 0.25) is 0 Å². The van der Waals surface area contributed by atoms with Crippen LogP contribution in [0, 0.1) is 20.8 Å². The summed E-state index contributed by atoms with van der Waals surface area (Å²) in [6, 6.07) is 0. The van der Waals surface area contributed by atoms with Crippen LogP contribution in [0.5, 0.6) is 0 Å². The number of thiazole rings is 3. The van der Waals surface area contributed by atoms with Gasteiger partial charge in [-0.2, -0.15) is 0 Å². The molecule has 0 saturated heterocycles. The second-order valence-corrected chi connectivity index (χ2v) is 11.0. The van der Waals surface area contributed by atoms with Crippen molar-refractivity contribution in [2.45, 2.75) is 53.4 Å². The normalized spacial score (nSPS) is 9.75. The van der Waals surface area contributed by atoms with Crippen LogP contribution in [0.25, 0.3) is 0 Å². The minimum Gasteiger partial charge on any atom is -1.00 e. The molecule has 0 radical (unpaired) electrons. The molecule has 3 rings (SSSR count). The van der Waals surface area contributed by atoms with Gasteiger partial charge in [0.2, 0.25) is 0 Å². The number of hydrogen-bond acceptors (Lipinski definition) is 13. The topological polar surface area (TPSA) is 138 Å². The molecule has 0 saturated carbocycles. The molecule has 15 heteroatoms. The second-order valence-electron chi connectivity index (χ2n) is 7.64. The third kappa shape index (κ3) is 16.5. The number of aromatic nitrogens is 3. The van der Waals surface area contributed by atoms with Gasteiger partial charge in [0.05, 0.1) is 53.4 Å². The van der Waals surface area contributed by atoms with Gasteiger partial charge >= 0.3 is 17.9 Å². The molecular formula is C25H34Br2N3O7S3-. The quantitative estimate of drug-likeness (QED) is 0.165. The number of ether oxygens (including phenoxy) is 3. The van der Waals surface area contributed by atoms with Gasteiger partial charge in [0.1, 0.15) is 11.9 Å². The predicted octanol–water partition coefficient (Wildman–Crippen LogP) is 1.41. The molecule has 0 fully saturated rings. The fourth-order valence-electron chi connectivity index (χ4n) is 2.66. The first-order valence-corrected chi connectivity index (χ1v) is 15.8. The molecule has 10 nitrogen and oxygen atoms in total. The molecule has 0 aliphatic rings. The van der Waals surface area contributed by atoms with Gasteiger partial charge in [0.25, 0.3) is 0 Å². The SMILES string of the molecule is CCC(=O)OCCc1scnc1C.Cc1ncsc1CCOC(=O)CBr.Cc1ncsc1CCOC(=O)CO.[Br-]. The lowest BCUT2D eigenvalue weighted by atomic mass is 10.3. The van der Waals surface area contributed by atoms with Crippen molar-refractivity contribution in [3.8, 4) is 0 Å². The zero-order valence-corrected chi connectivity index (χ0v) is 28.4. The van der Waals surface area contributed by atoms with E-state index >= 15 is 0 Å². The molecule has 40 heavy (non-hydrogen) atoms. The maximum Gasteiger partial charge on any atom is 0.331 e. The zero-order valence-electron chi connectivity index (χ0n) is 22.8. The Morgan fingerprint density at radius 2 is 1.07 bits per heavy atom. The van der Waals surface area contributed by atoms with Gasteiger partial charge in [-0.3, -0.25) is 9.59 Å². The average Bonchev–Trinajstić information content (AvgIpc) is 3.66. The van der Waals surface area contributed by atoms with Gasteiger partial charge in [0, 0.05) is 40.3 Å². The second kappa shape index (κ2) is 22.9. The molecule has 3 heterocycles. The molecule has 0 aliphatic carbocycles. The van der Waals surface area contributed by atoms with Crippen molar-refractivity contribution >= 4 is 67.8 Å². The summed E-state index contributed by atoms with van der Waals surface area (Å²) < 4.78 is 14.6. The predicted molar refractivity (Wildman–Crippen MR) is 156 cm³/mol. The molecule has 0 amide bonds. The molecule has 3 aromatic heterocycles. The molecule has 0 spiro atoms. The lowest BCUT2D eigenvalue weighted by molar-refractivity contribution is -0.147. The van der Waals surface area contributed by atoms with Crippen molar-refractivity contribution in [3.63, 3.8) is 0 Å². The van der Waals surface area contributed by atoms with Crippen LogP contribution in [0.4, 0.5) is 0 Å². The number of carbonyl (C=O) groups is 3. The lowest BCUT2D eigenvalue weighted by Crippen LogP contribution is -3.00. The number of hydrogen-bond donors (Lipinski definition) is 1. The van der Waals surface area contributed by atoms with Crippen LogP contribution >= 0.6 is 49.9 Å². The van der Waals surface area contributed by atoms with Crippen LogP contribution < -0.4 is 17.0 Å². The largest absolute Gasteiger partial charge is 1.00 e. The van der Waals surface area contributed by atoms with Crippen molar-refractivity contribution in [1.82, 2.24) is 15.0 Å². The number of rotatable bonds is 12. The first-order valence-electron chi connectivity index (χ1n) is 12.0. The fourth-order valence-corrected chi connectivity index (χ4v) is 5.11. The van der Waals surface area contributed by atoms with Crippen molar-refractivity contribution in [1.29, 1.82) is 0 Å². The van der Waals surface area contributed by atoms with E-state index in [0.717, 1.165) is 34.8 Å². The summed E-state index contributed by atoms with van der Waals surface area (Å²) >= 11 is 7.77. The van der Waals surface area contributed by atoms with E-state index in [4.69, 9.17) is 19.3 Å². The summed E-state index contributed by atoms with van der Waals surface area (Å²) in [5.74, 6) is -0.938. The molecule has 1 N–H and O–H groups in total. The fraction of sp³-hybridized carbons (Fsp3) is 0.520. The number of esters is 3. The lowest BCUT2D eigenvalue weighted by Gasteiger charge is -2.01. The summed E-state index contributed by atoms with van der Waals surface area (Å²) in [6.07, 6.45) is 2.65. The van der Waals surface area contributed by atoms with E-state index in [1.54, 1.807) is 52.0 Å². The van der Waals surface area contributed by atoms with E-state index in [1.807, 2.05) is 26.3 Å². The van der Waals surface area contributed by atoms with Crippen molar-refractivity contribution in [2.24, 2.45) is 0 Å². The summed E-state index contributed by atoms with van der Waals surface area (Å²) in [5, 5.41) is 8.62. The highest BCUT2D eigenvalue weighted by molar-refractivity contribution is 9.09. The minimum absolute atomic E-state index is 0. The molecule has 0 aromatic carbocycles. The van der Waals surface area contributed by atoms with Gasteiger partial charge in [0.15, 0.2) is 0 Å². The Balaban J connectivity index is 0.000000563. The van der Waals surface area contributed by atoms with Crippen LogP contribution in [0.3, 0.4) is 0 Å². The Labute approximate surface area is 265 Å². The molecule has 0 atom stereocenters. The zero-order chi connectivity index (χ0) is 29.0. The monoisotopic (exact) mass is 742 g/mol. The average molecular weight is 745 g/mol. The van der Waals surface area contributed by atoms with E-state index in [2.05, 4.69) is 30.9 Å². The van der Waals surface area contributed by atoms with E-state index in [9.17, 15) is 14.4 Å². The maximum atomic E-state index is 10.8. The van der Waals surface area contributed by atoms with E-state index in [1.165, 1.54) is 9.75 Å². The Kier molecular flexibility index (Phi) is 21.8. The molecule has 0 aliphatic heterocycles. The maximum absolute atomic E-state index is 10.8. The van der Waals surface area contributed by atoms with Gasteiger partial charge in [-0.1, -0.05) is 22.9 Å². The number of halogens is 2. The van der Waals surface area contributed by atoms with Gasteiger partial charge in [-0.05, 0) is 20.8 Å². The Hall–Kier alpha value is -1.78. The first-order chi connectivity index (χ1) is 18.7. The molecule has 3 aromatic rings. The first kappa shape index (κ1) is 38.2. The van der Waals surface area contributed by atoms with Crippen LogP contribution in [0.15, 0.2) is 16.5 Å². The third-order valence-electron chi connectivity index (χ3n) is 4.84. The van der Waals surface area contributed by atoms with E-state index in [0.29, 0.717) is 32.7 Å². The van der Waals surface area contributed by atoms with E-state index < -0.39 is 12.6 Å². The number of aliphatic hydroxyl groups excluding tert-OH is 1. The standard InChI is InChI=1S/C9H13NO2S.C8H10BrNO2S.C8H11NO3S.BrH/c1-3-9(11)12-5-4-8-7(2)10-6-13-8;1-6-7(13-5-10-6)2-3-12-8(11)4-9;1-6-7(13-5-9-6)2-3-12-8(11)4-10;/h6H,3-5H2,1-2H3;5H,2-4H2,1H3;5,10H,2-4H2,1H3;1H/p-1. The molecule has 224 valence electrons. The van der Waals surface area contributed by atoms with Gasteiger partial charge < -0.3 is 36.3 Å². The Morgan fingerprint density at radius 3 is 1.35 bits per heavy atom. The van der Waals surface area contributed by atoms with Crippen molar-refractivity contribution in [2.75, 3.05) is 31.8 Å². The molecule has 0 bridgehead atoms. The highest BCUT2D eigenvalue weighted by atomic mass is 79.9. The molecule has 0 unspecified atom stereocenters. The third-order valence-corrected chi connectivity index (χ3v) is 8.28. The summed E-state index contributed by atoms with van der Waals surface area (Å²) in [6.45, 7) is 8.29. The Morgan fingerprint density at radius 1 is 0.725 bits per heavy atom. The number of carbonyl (C=O) groups excluding carboxylic acids is 3. The Bertz CT molecular complexity index is 1000. The van der Waals surface area contributed by atoms with Crippen molar-refractivity contribution < 1.29 is 50.7 Å². The van der Waals surface area contributed by atoms with Crippen LogP contribution in [-0.4, -0.2) is 69.7 Å². The van der Waals surface area contributed by atoms with Crippen LogP contribution in [0.1, 0.15) is 45.1 Å².